The van der Waals surface area contributed by atoms with Crippen LogP contribution in [0.3, 0.4) is 0 Å². The Morgan fingerprint density at radius 3 is 2.61 bits per heavy atom. The molecule has 8 heteroatoms. The zero-order chi connectivity index (χ0) is 19.2. The second-order valence-corrected chi connectivity index (χ2v) is 7.45. The first-order valence-electron chi connectivity index (χ1n) is 9.98. The van der Waals surface area contributed by atoms with E-state index in [9.17, 15) is 8.78 Å². The first-order chi connectivity index (χ1) is 13.1. The number of hydrogen-bond donors (Lipinski definition) is 1. The topological polar surface area (TPSA) is 34.1 Å². The number of halogens is 3. The van der Waals surface area contributed by atoms with Crippen LogP contribution in [0, 0.1) is 17.6 Å². The number of anilines is 1. The molecule has 0 saturated carbocycles. The van der Waals surface area contributed by atoms with Gasteiger partial charge in [-0.3, -0.25) is 4.99 Å². The number of benzene rings is 1. The van der Waals surface area contributed by atoms with E-state index in [1.54, 1.807) is 7.05 Å². The molecule has 158 valence electrons. The van der Waals surface area contributed by atoms with Crippen LogP contribution in [0.2, 0.25) is 0 Å². The number of rotatable bonds is 5. The molecule has 2 heterocycles. The molecule has 1 unspecified atom stereocenters. The molecule has 0 aromatic heterocycles. The second-order valence-electron chi connectivity index (χ2n) is 7.45. The summed E-state index contributed by atoms with van der Waals surface area (Å²) in [7, 11) is 1.80. The van der Waals surface area contributed by atoms with Gasteiger partial charge in [0, 0.05) is 52.4 Å². The molecule has 3 rings (SSSR count). The summed E-state index contributed by atoms with van der Waals surface area (Å²) in [5.41, 5.74) is 0.347. The lowest BCUT2D eigenvalue weighted by Crippen LogP contribution is -2.53. The summed E-state index contributed by atoms with van der Waals surface area (Å²) >= 11 is 0. The molecule has 0 amide bonds. The van der Waals surface area contributed by atoms with E-state index in [-0.39, 0.29) is 29.8 Å². The second kappa shape index (κ2) is 11.1. The van der Waals surface area contributed by atoms with E-state index in [1.165, 1.54) is 38.1 Å². The molecule has 0 aliphatic carbocycles. The lowest BCUT2D eigenvalue weighted by molar-refractivity contribution is 0.322. The predicted octanol–water partition coefficient (Wildman–Crippen LogP) is 3.01. The van der Waals surface area contributed by atoms with E-state index in [2.05, 4.69) is 27.0 Å². The zero-order valence-corrected chi connectivity index (χ0v) is 19.2. The van der Waals surface area contributed by atoms with Gasteiger partial charge in [0.1, 0.15) is 11.6 Å². The van der Waals surface area contributed by atoms with Crippen LogP contribution in [0.15, 0.2) is 23.2 Å². The van der Waals surface area contributed by atoms with E-state index >= 15 is 0 Å². The number of hydrogen-bond acceptors (Lipinski definition) is 3. The van der Waals surface area contributed by atoms with Crippen LogP contribution < -0.4 is 10.2 Å². The summed E-state index contributed by atoms with van der Waals surface area (Å²) in [4.78, 5) is 11.1. The number of guanidine groups is 1. The fourth-order valence-electron chi connectivity index (χ4n) is 4.05. The van der Waals surface area contributed by atoms with Crippen molar-refractivity contribution in [1.82, 2.24) is 15.1 Å². The Morgan fingerprint density at radius 1 is 1.18 bits per heavy atom. The molecule has 28 heavy (non-hydrogen) atoms. The third kappa shape index (κ3) is 5.92. The van der Waals surface area contributed by atoms with Crippen LogP contribution in [0.25, 0.3) is 0 Å². The van der Waals surface area contributed by atoms with Crippen molar-refractivity contribution in [3.63, 3.8) is 0 Å². The Bertz CT molecular complexity index is 649. The monoisotopic (exact) mass is 507 g/mol. The van der Waals surface area contributed by atoms with E-state index in [0.717, 1.165) is 38.2 Å². The molecule has 1 aromatic rings. The van der Waals surface area contributed by atoms with Crippen LogP contribution in [0.5, 0.6) is 0 Å². The molecular weight excluding hydrogens is 475 g/mol. The summed E-state index contributed by atoms with van der Waals surface area (Å²) in [6, 6.07) is 3.63. The Kier molecular flexibility index (Phi) is 9.20. The summed E-state index contributed by atoms with van der Waals surface area (Å²) in [5.74, 6) is 0.796. The van der Waals surface area contributed by atoms with Gasteiger partial charge < -0.3 is 20.0 Å². The molecule has 2 fully saturated rings. The lowest BCUT2D eigenvalue weighted by Gasteiger charge is -2.38. The van der Waals surface area contributed by atoms with Crippen LogP contribution in [0.1, 0.15) is 19.8 Å². The predicted molar refractivity (Wildman–Crippen MR) is 122 cm³/mol. The van der Waals surface area contributed by atoms with Gasteiger partial charge in [-0.2, -0.15) is 0 Å². The van der Waals surface area contributed by atoms with Gasteiger partial charge in [0.2, 0.25) is 0 Å². The molecule has 1 N–H and O–H groups in total. The molecule has 5 nitrogen and oxygen atoms in total. The van der Waals surface area contributed by atoms with Gasteiger partial charge in [0.05, 0.1) is 5.69 Å². The van der Waals surface area contributed by atoms with Crippen molar-refractivity contribution in [2.45, 2.75) is 19.8 Å². The maximum Gasteiger partial charge on any atom is 0.193 e. The van der Waals surface area contributed by atoms with Gasteiger partial charge in [0.15, 0.2) is 5.96 Å². The van der Waals surface area contributed by atoms with Gasteiger partial charge in [-0.15, -0.1) is 24.0 Å². The number of piperazine rings is 1. The van der Waals surface area contributed by atoms with Crippen molar-refractivity contribution < 1.29 is 8.78 Å². The van der Waals surface area contributed by atoms with Crippen LogP contribution in [0.4, 0.5) is 14.5 Å². The first kappa shape index (κ1) is 23.1. The fourth-order valence-corrected chi connectivity index (χ4v) is 4.05. The van der Waals surface area contributed by atoms with Crippen LogP contribution in [-0.4, -0.2) is 75.2 Å². The summed E-state index contributed by atoms with van der Waals surface area (Å²) in [5, 5.41) is 3.52. The third-order valence-electron chi connectivity index (χ3n) is 5.50. The smallest absolute Gasteiger partial charge is 0.193 e. The zero-order valence-electron chi connectivity index (χ0n) is 16.8. The first-order valence-corrected chi connectivity index (χ1v) is 9.98. The van der Waals surface area contributed by atoms with E-state index in [4.69, 9.17) is 0 Å². The average molecular weight is 507 g/mol. The van der Waals surface area contributed by atoms with Gasteiger partial charge in [-0.05, 0) is 44.0 Å². The van der Waals surface area contributed by atoms with Crippen molar-refractivity contribution in [3.8, 4) is 0 Å². The van der Waals surface area contributed by atoms with Crippen LogP contribution >= 0.6 is 24.0 Å². The molecule has 0 spiro atoms. The van der Waals surface area contributed by atoms with Crippen molar-refractivity contribution >= 4 is 35.6 Å². The highest BCUT2D eigenvalue weighted by Crippen LogP contribution is 2.22. The molecule has 2 aliphatic heterocycles. The molecular formula is C20H32F2IN5. The van der Waals surface area contributed by atoms with Gasteiger partial charge in [-0.1, -0.05) is 6.92 Å². The standard InChI is InChI=1S/C20H31F2N5.HI/c1-3-7-25-8-6-16(15-25)14-24-20(23-2)27-11-9-26(10-12-27)19-13-17(21)4-5-18(19)22;/h4-5,13,16H,3,6-12,14-15H2,1-2H3,(H,23,24);1H. The molecule has 2 saturated heterocycles. The van der Waals surface area contributed by atoms with Crippen molar-refractivity contribution in [2.24, 2.45) is 10.9 Å². The minimum absolute atomic E-state index is 0. The SMILES string of the molecule is CCCN1CCC(CNC(=NC)N2CCN(c3cc(F)ccc3F)CC2)C1.I. The Morgan fingerprint density at radius 2 is 1.93 bits per heavy atom. The summed E-state index contributed by atoms with van der Waals surface area (Å²) in [6.45, 7) is 9.47. The number of aliphatic imine (C=N–C) groups is 1. The Labute approximate surface area is 184 Å². The number of nitrogens with one attached hydrogen (secondary N) is 1. The Balaban J connectivity index is 0.00000280. The summed E-state index contributed by atoms with van der Waals surface area (Å²) < 4.78 is 27.4. The van der Waals surface area contributed by atoms with Crippen molar-refractivity contribution in [1.29, 1.82) is 0 Å². The molecule has 1 atom stereocenters. The molecule has 0 bridgehead atoms. The number of likely N-dealkylation sites (tertiary alicyclic amines) is 1. The van der Waals surface area contributed by atoms with Gasteiger partial charge >= 0.3 is 0 Å². The highest BCUT2D eigenvalue weighted by atomic mass is 127. The van der Waals surface area contributed by atoms with Crippen LogP contribution in [-0.2, 0) is 0 Å². The number of nitrogens with zero attached hydrogens (tertiary/aromatic N) is 4. The van der Waals surface area contributed by atoms with E-state index < -0.39 is 5.82 Å². The Hall–Kier alpha value is -1.16. The maximum atomic E-state index is 14.0. The van der Waals surface area contributed by atoms with E-state index in [0.29, 0.717) is 24.7 Å². The largest absolute Gasteiger partial charge is 0.366 e. The third-order valence-corrected chi connectivity index (χ3v) is 5.50. The van der Waals surface area contributed by atoms with Crippen molar-refractivity contribution in [3.05, 3.63) is 29.8 Å². The minimum atomic E-state index is -0.403. The van der Waals surface area contributed by atoms with E-state index in [1.807, 2.05) is 4.90 Å². The molecule has 2 aliphatic rings. The highest BCUT2D eigenvalue weighted by molar-refractivity contribution is 14.0. The average Bonchev–Trinajstić information content (AvgIpc) is 3.13. The minimum Gasteiger partial charge on any atom is -0.366 e. The fraction of sp³-hybridized carbons (Fsp3) is 0.650. The quantitative estimate of drug-likeness (QED) is 0.378. The van der Waals surface area contributed by atoms with Gasteiger partial charge in [0.25, 0.3) is 0 Å². The molecule has 1 aromatic carbocycles. The highest BCUT2D eigenvalue weighted by Gasteiger charge is 2.25. The summed E-state index contributed by atoms with van der Waals surface area (Å²) in [6.07, 6.45) is 2.44. The maximum absolute atomic E-state index is 14.0. The lowest BCUT2D eigenvalue weighted by atomic mass is 10.1. The van der Waals surface area contributed by atoms with Gasteiger partial charge in [-0.25, -0.2) is 8.78 Å². The normalized spacial score (nSPS) is 21.0. The molecule has 0 radical (unpaired) electrons. The van der Waals surface area contributed by atoms with Crippen molar-refractivity contribution in [2.75, 3.05) is 64.3 Å².